The molecule has 30 heavy (non-hydrogen) atoms. The third-order valence-electron chi connectivity index (χ3n) is 4.59. The molecule has 0 aliphatic rings. The van der Waals surface area contributed by atoms with Gasteiger partial charge in [0.2, 0.25) is 0 Å². The van der Waals surface area contributed by atoms with Gasteiger partial charge in [-0.1, -0.05) is 68.8 Å². The number of carbonyl (C=O) groups is 1. The van der Waals surface area contributed by atoms with Gasteiger partial charge in [0.25, 0.3) is 0 Å². The molecular weight excluding hydrogens is 420 g/mol. The molecule has 0 N–H and O–H groups in total. The molecule has 1 unspecified atom stereocenters. The van der Waals surface area contributed by atoms with Gasteiger partial charge in [-0.3, -0.25) is 0 Å². The summed E-state index contributed by atoms with van der Waals surface area (Å²) in [5, 5.41) is 0.166. The van der Waals surface area contributed by atoms with E-state index >= 15 is 0 Å². The first-order valence-electron chi connectivity index (χ1n) is 9.62. The first kappa shape index (κ1) is 22.4. The van der Waals surface area contributed by atoms with E-state index in [4.69, 9.17) is 20.5 Å². The maximum atomic E-state index is 12.4. The Kier molecular flexibility index (Phi) is 7.58. The summed E-state index contributed by atoms with van der Waals surface area (Å²) in [6, 6.07) is 15.4. The molecule has 1 heterocycles. The molecule has 5 nitrogen and oxygen atoms in total. The maximum absolute atomic E-state index is 12.4. The first-order chi connectivity index (χ1) is 14.3. The molecule has 0 amide bonds. The largest absolute Gasteiger partial charge is 0.446 e. The molecule has 0 bridgehead atoms. The molecule has 7 heteroatoms. The van der Waals surface area contributed by atoms with Crippen LogP contribution >= 0.6 is 23.6 Å². The van der Waals surface area contributed by atoms with E-state index in [1.807, 2.05) is 35.0 Å². The second-order valence-corrected chi connectivity index (χ2v) is 9.13. The van der Waals surface area contributed by atoms with Crippen LogP contribution in [-0.2, 0) is 27.5 Å². The Bertz CT molecular complexity index is 936. The van der Waals surface area contributed by atoms with Crippen molar-refractivity contribution in [3.8, 4) is 0 Å². The minimum Gasteiger partial charge on any atom is -0.446 e. The second kappa shape index (κ2) is 10.2. The summed E-state index contributed by atoms with van der Waals surface area (Å²) in [6.45, 7) is 7.25. The van der Waals surface area contributed by atoms with E-state index in [2.05, 4.69) is 37.9 Å². The van der Waals surface area contributed by atoms with Gasteiger partial charge >= 0.3 is 5.30 Å². The van der Waals surface area contributed by atoms with E-state index in [1.54, 1.807) is 24.7 Å². The van der Waals surface area contributed by atoms with Crippen molar-refractivity contribution in [3.63, 3.8) is 0 Å². The number of rotatable bonds is 7. The van der Waals surface area contributed by atoms with E-state index < -0.39 is 11.4 Å². The Morgan fingerprint density at radius 3 is 2.43 bits per heavy atom. The summed E-state index contributed by atoms with van der Waals surface area (Å²) in [4.78, 5) is 16.5. The molecule has 0 fully saturated rings. The first-order valence-corrected chi connectivity index (χ1v) is 10.7. The zero-order valence-electron chi connectivity index (χ0n) is 17.2. The average Bonchev–Trinajstić information content (AvgIpc) is 3.22. The Morgan fingerprint density at radius 2 is 1.83 bits per heavy atom. The van der Waals surface area contributed by atoms with Crippen LogP contribution in [0.2, 0.25) is 5.02 Å². The predicted molar refractivity (Wildman–Crippen MR) is 120 cm³/mol. The van der Waals surface area contributed by atoms with E-state index in [0.717, 1.165) is 11.1 Å². The van der Waals surface area contributed by atoms with Gasteiger partial charge in [-0.25, -0.2) is 9.78 Å². The van der Waals surface area contributed by atoms with Gasteiger partial charge in [-0.15, -0.1) is 0 Å². The Hall–Kier alpha value is -2.28. The van der Waals surface area contributed by atoms with Crippen LogP contribution < -0.4 is 0 Å². The number of nitrogens with zero attached hydrogens (tertiary/aromatic N) is 2. The molecule has 2 aromatic carbocycles. The lowest BCUT2D eigenvalue weighted by molar-refractivity contribution is 0.109. The van der Waals surface area contributed by atoms with Gasteiger partial charge in [0, 0.05) is 17.4 Å². The van der Waals surface area contributed by atoms with Gasteiger partial charge < -0.3 is 13.5 Å². The van der Waals surface area contributed by atoms with Crippen LogP contribution in [0.25, 0.3) is 0 Å². The lowest BCUT2D eigenvalue weighted by Crippen LogP contribution is -2.15. The van der Waals surface area contributed by atoms with E-state index in [9.17, 15) is 4.79 Å². The lowest BCUT2D eigenvalue weighted by atomic mass is 9.86. The van der Waals surface area contributed by atoms with Crippen molar-refractivity contribution in [1.82, 2.24) is 9.55 Å². The van der Waals surface area contributed by atoms with Crippen molar-refractivity contribution in [2.45, 2.75) is 45.4 Å². The number of hydrogen-bond donors (Lipinski definition) is 0. The molecule has 0 radical (unpaired) electrons. The Balaban J connectivity index is 1.63. The fourth-order valence-electron chi connectivity index (χ4n) is 2.86. The summed E-state index contributed by atoms with van der Waals surface area (Å²) in [6.07, 6.45) is 4.79. The SMILES string of the molecule is CC(C)(C)c1ccc(C(Cn2ccnc2)OC(=O)SOCc2ccc(Cl)cc2)cc1. The molecule has 0 saturated heterocycles. The zero-order chi connectivity index (χ0) is 21.6. The number of benzene rings is 2. The van der Waals surface area contributed by atoms with Crippen LogP contribution in [-0.4, -0.2) is 14.9 Å². The van der Waals surface area contributed by atoms with Crippen LogP contribution in [0, 0.1) is 0 Å². The third kappa shape index (κ3) is 6.62. The molecular formula is C23H25ClN2O3S. The summed E-state index contributed by atoms with van der Waals surface area (Å²) in [5.74, 6) is 0. The van der Waals surface area contributed by atoms with Crippen LogP contribution in [0.4, 0.5) is 4.79 Å². The molecule has 0 saturated carbocycles. The molecule has 3 aromatic rings. The van der Waals surface area contributed by atoms with E-state index in [1.165, 1.54) is 5.56 Å². The van der Waals surface area contributed by atoms with Crippen molar-refractivity contribution >= 4 is 28.9 Å². The topological polar surface area (TPSA) is 53.4 Å². The maximum Gasteiger partial charge on any atom is 0.395 e. The monoisotopic (exact) mass is 444 g/mol. The van der Waals surface area contributed by atoms with Gasteiger partial charge in [0.1, 0.15) is 18.1 Å². The summed E-state index contributed by atoms with van der Waals surface area (Å²) >= 11 is 6.58. The number of hydrogen-bond acceptors (Lipinski definition) is 5. The normalized spacial score (nSPS) is 12.5. The zero-order valence-corrected chi connectivity index (χ0v) is 18.8. The van der Waals surface area contributed by atoms with Crippen molar-refractivity contribution in [3.05, 3.63) is 89.0 Å². The van der Waals surface area contributed by atoms with Crippen molar-refractivity contribution < 1.29 is 13.7 Å². The Labute approximate surface area is 186 Å². The van der Waals surface area contributed by atoms with Gasteiger partial charge in [-0.2, -0.15) is 0 Å². The standard InChI is InChI=1S/C23H25ClN2O3S/c1-23(2,3)19-8-6-18(7-9-19)21(14-26-13-12-25-16-26)29-22(27)30-28-15-17-4-10-20(24)11-5-17/h4-13,16,21H,14-15H2,1-3H3. The predicted octanol–water partition coefficient (Wildman–Crippen LogP) is 6.58. The smallest absolute Gasteiger partial charge is 0.395 e. The minimum atomic E-state index is -0.492. The van der Waals surface area contributed by atoms with Crippen molar-refractivity contribution in [2.75, 3.05) is 0 Å². The van der Waals surface area contributed by atoms with Crippen LogP contribution in [0.3, 0.4) is 0 Å². The van der Waals surface area contributed by atoms with E-state index in [0.29, 0.717) is 23.6 Å². The molecule has 0 aliphatic heterocycles. The third-order valence-corrected chi connectivity index (χ3v) is 5.31. The highest BCUT2D eigenvalue weighted by Crippen LogP contribution is 2.27. The van der Waals surface area contributed by atoms with Crippen molar-refractivity contribution in [2.24, 2.45) is 0 Å². The van der Waals surface area contributed by atoms with Gasteiger partial charge in [0.05, 0.1) is 19.5 Å². The fourth-order valence-corrected chi connectivity index (χ4v) is 3.43. The highest BCUT2D eigenvalue weighted by molar-refractivity contribution is 8.09. The second-order valence-electron chi connectivity index (χ2n) is 7.96. The molecule has 158 valence electrons. The molecule has 1 atom stereocenters. The number of imidazole rings is 1. The van der Waals surface area contributed by atoms with Crippen LogP contribution in [0.15, 0.2) is 67.3 Å². The summed E-state index contributed by atoms with van der Waals surface area (Å²) in [5.41, 5.74) is 3.12. The highest BCUT2D eigenvalue weighted by Gasteiger charge is 2.20. The lowest BCUT2D eigenvalue weighted by Gasteiger charge is -2.22. The summed E-state index contributed by atoms with van der Waals surface area (Å²) < 4.78 is 13.0. The molecule has 0 aliphatic carbocycles. The molecule has 3 rings (SSSR count). The average molecular weight is 445 g/mol. The quantitative estimate of drug-likeness (QED) is 0.304. The highest BCUT2D eigenvalue weighted by atomic mass is 35.5. The number of ether oxygens (including phenoxy) is 1. The Morgan fingerprint density at radius 1 is 1.13 bits per heavy atom. The number of carbonyl (C=O) groups excluding carboxylic acids is 1. The number of halogens is 1. The number of aromatic nitrogens is 2. The van der Waals surface area contributed by atoms with Crippen molar-refractivity contribution in [1.29, 1.82) is 0 Å². The van der Waals surface area contributed by atoms with E-state index in [-0.39, 0.29) is 12.0 Å². The summed E-state index contributed by atoms with van der Waals surface area (Å²) in [7, 11) is 0. The van der Waals surface area contributed by atoms with Crippen LogP contribution in [0.1, 0.15) is 43.6 Å². The van der Waals surface area contributed by atoms with Crippen LogP contribution in [0.5, 0.6) is 0 Å². The minimum absolute atomic E-state index is 0.0560. The van der Waals surface area contributed by atoms with Gasteiger partial charge in [0.15, 0.2) is 0 Å². The van der Waals surface area contributed by atoms with Gasteiger partial charge in [-0.05, 0) is 34.2 Å². The molecule has 1 aromatic heterocycles. The molecule has 0 spiro atoms. The fraction of sp³-hybridized carbons (Fsp3) is 0.304.